The fraction of sp³-hybridized carbons (Fsp3) is 0.769. The minimum atomic E-state index is -0.617. The molecule has 0 radical (unpaired) electrons. The maximum Gasteiger partial charge on any atom is 0.323 e. The van der Waals surface area contributed by atoms with Crippen molar-refractivity contribution in [1.82, 2.24) is 15.0 Å². The molecule has 1 aromatic heterocycles. The zero-order chi connectivity index (χ0) is 15.8. The maximum atomic E-state index is 9.78. The summed E-state index contributed by atoms with van der Waals surface area (Å²) in [4.78, 5) is 14.5. The van der Waals surface area contributed by atoms with Gasteiger partial charge in [0.2, 0.25) is 11.9 Å². The summed E-state index contributed by atoms with van der Waals surface area (Å²) >= 11 is 0. The first-order valence-electron chi connectivity index (χ1n) is 7.01. The molecule has 1 rings (SSSR count). The zero-order valence-corrected chi connectivity index (χ0v) is 13.3. The molecule has 0 aliphatic heterocycles. The van der Waals surface area contributed by atoms with Crippen LogP contribution in [0.2, 0.25) is 0 Å². The van der Waals surface area contributed by atoms with Gasteiger partial charge in [-0.1, -0.05) is 0 Å². The molecule has 0 aliphatic rings. The Morgan fingerprint density at radius 3 is 2.57 bits per heavy atom. The van der Waals surface area contributed by atoms with Gasteiger partial charge < -0.3 is 24.8 Å². The lowest BCUT2D eigenvalue weighted by Crippen LogP contribution is -2.33. The number of nitrogens with zero attached hydrogens (tertiary/aromatic N) is 4. The molecule has 0 saturated carbocycles. The first-order valence-corrected chi connectivity index (χ1v) is 7.01. The number of anilines is 2. The lowest BCUT2D eigenvalue weighted by molar-refractivity contribution is 0.0693. The van der Waals surface area contributed by atoms with E-state index in [-0.39, 0.29) is 18.7 Å². The van der Waals surface area contributed by atoms with Gasteiger partial charge in [-0.25, -0.2) is 0 Å². The van der Waals surface area contributed by atoms with E-state index >= 15 is 0 Å². The van der Waals surface area contributed by atoms with Gasteiger partial charge >= 0.3 is 6.01 Å². The van der Waals surface area contributed by atoms with E-state index in [2.05, 4.69) is 20.3 Å². The third-order valence-electron chi connectivity index (χ3n) is 2.46. The Labute approximate surface area is 125 Å². The first kappa shape index (κ1) is 17.4. The number of likely N-dealkylation sites (N-methyl/N-ethyl adjacent to an activating group) is 1. The van der Waals surface area contributed by atoms with Crippen LogP contribution < -0.4 is 15.0 Å². The SMILES string of the molecule is CCNc1nc(OC(C)C)nc(N(C)CC(O)COC)n1. The standard InChI is InChI=1S/C13H25N5O3/c1-6-14-11-15-12(17-13(16-11)21-9(2)3)18(4)7-10(19)8-20-5/h9-10,19H,6-8H2,1-5H3,(H,14,15,16,17). The van der Waals surface area contributed by atoms with Crippen molar-refractivity contribution in [3.63, 3.8) is 0 Å². The highest BCUT2D eigenvalue weighted by Crippen LogP contribution is 2.15. The van der Waals surface area contributed by atoms with Crippen molar-refractivity contribution in [2.45, 2.75) is 33.0 Å². The van der Waals surface area contributed by atoms with Gasteiger partial charge in [0.25, 0.3) is 0 Å². The maximum absolute atomic E-state index is 9.78. The monoisotopic (exact) mass is 299 g/mol. The average Bonchev–Trinajstić information content (AvgIpc) is 2.38. The second-order valence-corrected chi connectivity index (χ2v) is 4.93. The quantitative estimate of drug-likeness (QED) is 0.682. The number of aliphatic hydroxyl groups is 1. The summed E-state index contributed by atoms with van der Waals surface area (Å²) in [5, 5.41) is 12.8. The molecule has 21 heavy (non-hydrogen) atoms. The van der Waals surface area contributed by atoms with Crippen LogP contribution in [-0.2, 0) is 4.74 Å². The van der Waals surface area contributed by atoms with Gasteiger partial charge in [-0.15, -0.1) is 0 Å². The van der Waals surface area contributed by atoms with Gasteiger partial charge in [-0.05, 0) is 20.8 Å². The van der Waals surface area contributed by atoms with Gasteiger partial charge in [0.1, 0.15) is 0 Å². The second-order valence-electron chi connectivity index (χ2n) is 4.93. The number of aromatic nitrogens is 3. The third-order valence-corrected chi connectivity index (χ3v) is 2.46. The molecular formula is C13H25N5O3. The molecular weight excluding hydrogens is 274 g/mol. The van der Waals surface area contributed by atoms with E-state index in [1.807, 2.05) is 20.8 Å². The minimum Gasteiger partial charge on any atom is -0.461 e. The Morgan fingerprint density at radius 1 is 1.29 bits per heavy atom. The molecule has 8 nitrogen and oxygen atoms in total. The van der Waals surface area contributed by atoms with Gasteiger partial charge in [0.05, 0.1) is 18.8 Å². The topological polar surface area (TPSA) is 92.6 Å². The fourth-order valence-electron chi connectivity index (χ4n) is 1.66. The van der Waals surface area contributed by atoms with Crippen molar-refractivity contribution in [3.8, 4) is 6.01 Å². The summed E-state index contributed by atoms with van der Waals surface area (Å²) < 4.78 is 10.4. The molecule has 8 heteroatoms. The molecule has 0 amide bonds. The summed E-state index contributed by atoms with van der Waals surface area (Å²) in [6, 6.07) is 0.263. The van der Waals surface area contributed by atoms with E-state index < -0.39 is 6.10 Å². The molecule has 0 bridgehead atoms. The summed E-state index contributed by atoms with van der Waals surface area (Å²) in [5.74, 6) is 0.887. The van der Waals surface area contributed by atoms with Crippen molar-refractivity contribution in [1.29, 1.82) is 0 Å². The Balaban J connectivity index is 2.89. The van der Waals surface area contributed by atoms with Gasteiger partial charge in [-0.2, -0.15) is 15.0 Å². The molecule has 2 N–H and O–H groups in total. The fourth-order valence-corrected chi connectivity index (χ4v) is 1.66. The highest BCUT2D eigenvalue weighted by atomic mass is 16.5. The Morgan fingerprint density at radius 2 is 2.00 bits per heavy atom. The summed E-state index contributed by atoms with van der Waals surface area (Å²) in [5.41, 5.74) is 0. The molecule has 0 aromatic carbocycles. The smallest absolute Gasteiger partial charge is 0.323 e. The van der Waals surface area contributed by atoms with Crippen LogP contribution in [0.5, 0.6) is 6.01 Å². The van der Waals surface area contributed by atoms with Crippen LogP contribution in [0.25, 0.3) is 0 Å². The van der Waals surface area contributed by atoms with E-state index in [4.69, 9.17) is 9.47 Å². The number of nitrogens with one attached hydrogen (secondary N) is 1. The predicted octanol–water partition coefficient (Wildman–Crippen LogP) is 0.534. The van der Waals surface area contributed by atoms with E-state index in [9.17, 15) is 5.11 Å². The van der Waals surface area contributed by atoms with Crippen LogP contribution in [0.3, 0.4) is 0 Å². The Hall–Kier alpha value is -1.67. The first-order chi connectivity index (χ1) is 9.96. The van der Waals surface area contributed by atoms with Crippen LogP contribution in [-0.4, -0.2) is 66.1 Å². The molecule has 120 valence electrons. The zero-order valence-electron chi connectivity index (χ0n) is 13.3. The van der Waals surface area contributed by atoms with E-state index in [0.717, 1.165) is 0 Å². The van der Waals surface area contributed by atoms with Crippen molar-refractivity contribution < 1.29 is 14.6 Å². The van der Waals surface area contributed by atoms with E-state index in [1.54, 1.807) is 19.1 Å². The summed E-state index contributed by atoms with van der Waals surface area (Å²) in [6.45, 7) is 7.07. The molecule has 1 atom stereocenters. The van der Waals surface area contributed by atoms with Crippen molar-refractivity contribution in [2.75, 3.05) is 44.1 Å². The predicted molar refractivity (Wildman–Crippen MR) is 80.9 cm³/mol. The van der Waals surface area contributed by atoms with Gasteiger partial charge in [0.15, 0.2) is 0 Å². The van der Waals surface area contributed by atoms with Crippen molar-refractivity contribution in [3.05, 3.63) is 0 Å². The van der Waals surface area contributed by atoms with Crippen LogP contribution in [0, 0.1) is 0 Å². The lowest BCUT2D eigenvalue weighted by Gasteiger charge is -2.21. The normalized spacial score (nSPS) is 12.3. The summed E-state index contributed by atoms with van der Waals surface area (Å²) in [6.07, 6.45) is -0.645. The minimum absolute atomic E-state index is 0.0286. The molecule has 0 saturated heterocycles. The third kappa shape index (κ3) is 6.09. The average molecular weight is 299 g/mol. The van der Waals surface area contributed by atoms with Crippen LogP contribution in [0.4, 0.5) is 11.9 Å². The van der Waals surface area contributed by atoms with Gasteiger partial charge in [-0.3, -0.25) is 0 Å². The molecule has 0 spiro atoms. The number of ether oxygens (including phenoxy) is 2. The van der Waals surface area contributed by atoms with E-state index in [0.29, 0.717) is 25.0 Å². The number of hydrogen-bond acceptors (Lipinski definition) is 8. The Kier molecular flexibility index (Phi) is 7.10. The number of hydrogen-bond donors (Lipinski definition) is 2. The van der Waals surface area contributed by atoms with E-state index in [1.165, 1.54) is 0 Å². The van der Waals surface area contributed by atoms with Gasteiger partial charge in [0, 0.05) is 27.2 Å². The van der Waals surface area contributed by atoms with Crippen LogP contribution in [0.15, 0.2) is 0 Å². The second kappa shape index (κ2) is 8.58. The van der Waals surface area contributed by atoms with Crippen LogP contribution >= 0.6 is 0 Å². The highest BCUT2D eigenvalue weighted by molar-refractivity contribution is 5.37. The number of rotatable bonds is 9. The molecule has 1 unspecified atom stereocenters. The number of methoxy groups -OCH3 is 1. The highest BCUT2D eigenvalue weighted by Gasteiger charge is 2.15. The molecule has 1 aromatic rings. The van der Waals surface area contributed by atoms with Crippen LogP contribution in [0.1, 0.15) is 20.8 Å². The Bertz CT molecular complexity index is 430. The molecule has 0 fully saturated rings. The molecule has 1 heterocycles. The molecule has 0 aliphatic carbocycles. The van der Waals surface area contributed by atoms with Crippen molar-refractivity contribution in [2.24, 2.45) is 0 Å². The number of aliphatic hydroxyl groups excluding tert-OH is 1. The summed E-state index contributed by atoms with van der Waals surface area (Å²) in [7, 11) is 3.34. The largest absolute Gasteiger partial charge is 0.461 e. The van der Waals surface area contributed by atoms with Crippen molar-refractivity contribution >= 4 is 11.9 Å². The lowest BCUT2D eigenvalue weighted by atomic mass is 10.3.